The van der Waals surface area contributed by atoms with Gasteiger partial charge in [0.1, 0.15) is 5.75 Å². The first-order valence-electron chi connectivity index (χ1n) is 10.1. The normalized spacial score (nSPS) is 16.1. The smallest absolute Gasteiger partial charge is 0.235 e. The Labute approximate surface area is 163 Å². The summed E-state index contributed by atoms with van der Waals surface area (Å²) >= 11 is 0. The van der Waals surface area contributed by atoms with Gasteiger partial charge >= 0.3 is 0 Å². The van der Waals surface area contributed by atoms with E-state index in [2.05, 4.69) is 50.4 Å². The molecule has 144 valence electrons. The molecule has 0 radical (unpaired) electrons. The Balaban J connectivity index is 1.76. The Bertz CT molecular complexity index is 741. The summed E-state index contributed by atoms with van der Waals surface area (Å²) in [5.41, 5.74) is 2.77. The van der Waals surface area contributed by atoms with Crippen LogP contribution in [0.15, 0.2) is 48.5 Å². The second-order valence-corrected chi connectivity index (χ2v) is 8.19. The predicted octanol–water partition coefficient (Wildman–Crippen LogP) is 5.87. The third kappa shape index (κ3) is 4.71. The molecule has 1 fully saturated rings. The van der Waals surface area contributed by atoms with Gasteiger partial charge in [0.15, 0.2) is 0 Å². The van der Waals surface area contributed by atoms with Gasteiger partial charge in [0.2, 0.25) is 5.91 Å². The average molecular weight is 366 g/mol. The van der Waals surface area contributed by atoms with Crippen molar-refractivity contribution in [3.63, 3.8) is 0 Å². The van der Waals surface area contributed by atoms with Crippen LogP contribution in [0.3, 0.4) is 0 Å². The van der Waals surface area contributed by atoms with Gasteiger partial charge in [-0.2, -0.15) is 0 Å². The summed E-state index contributed by atoms with van der Waals surface area (Å²) < 4.78 is 5.73. The van der Waals surface area contributed by atoms with E-state index in [9.17, 15) is 4.79 Å². The van der Waals surface area contributed by atoms with Crippen molar-refractivity contribution in [2.45, 2.75) is 58.3 Å². The van der Waals surface area contributed by atoms with Crippen LogP contribution in [0.4, 0.5) is 5.69 Å². The molecular weight excluding hydrogens is 334 g/mol. The van der Waals surface area contributed by atoms with Crippen LogP contribution >= 0.6 is 0 Å². The maximum Gasteiger partial charge on any atom is 0.235 e. The van der Waals surface area contributed by atoms with Crippen molar-refractivity contribution < 1.29 is 9.53 Å². The fourth-order valence-corrected chi connectivity index (χ4v) is 3.82. The van der Waals surface area contributed by atoms with Crippen molar-refractivity contribution in [2.75, 3.05) is 11.9 Å². The molecule has 0 bridgehead atoms. The third-order valence-electron chi connectivity index (χ3n) is 5.44. The van der Waals surface area contributed by atoms with E-state index < -0.39 is 5.41 Å². The minimum absolute atomic E-state index is 0.113. The summed E-state index contributed by atoms with van der Waals surface area (Å²) in [5.74, 6) is 1.44. The zero-order valence-corrected chi connectivity index (χ0v) is 16.8. The molecule has 3 rings (SSSR count). The lowest BCUT2D eigenvalue weighted by atomic mass is 9.68. The number of hydrogen-bond acceptors (Lipinski definition) is 2. The molecule has 3 nitrogen and oxygen atoms in total. The van der Waals surface area contributed by atoms with Crippen LogP contribution in [-0.2, 0) is 10.2 Å². The lowest BCUT2D eigenvalue weighted by Crippen LogP contribution is -2.42. The topological polar surface area (TPSA) is 38.3 Å². The van der Waals surface area contributed by atoms with E-state index >= 15 is 0 Å². The number of carbonyl (C=O) groups is 1. The fourth-order valence-electron chi connectivity index (χ4n) is 3.82. The van der Waals surface area contributed by atoms with E-state index in [0.717, 1.165) is 42.7 Å². The van der Waals surface area contributed by atoms with E-state index in [-0.39, 0.29) is 5.91 Å². The quantitative estimate of drug-likeness (QED) is 0.695. The molecule has 0 unspecified atom stereocenters. The molecule has 0 atom stereocenters. The number of amides is 1. The summed E-state index contributed by atoms with van der Waals surface area (Å²) in [6.07, 6.45) is 5.24. The van der Waals surface area contributed by atoms with Crippen LogP contribution in [0.1, 0.15) is 57.1 Å². The number of nitrogens with one attached hydrogen (secondary N) is 1. The highest BCUT2D eigenvalue weighted by Crippen LogP contribution is 2.40. The Hall–Kier alpha value is -2.29. The Kier molecular flexibility index (Phi) is 6.20. The van der Waals surface area contributed by atoms with Crippen molar-refractivity contribution in [3.8, 4) is 5.75 Å². The molecule has 0 heterocycles. The van der Waals surface area contributed by atoms with Gasteiger partial charge in [-0.05, 0) is 55.5 Å². The molecule has 2 aromatic carbocycles. The molecule has 2 aromatic rings. The van der Waals surface area contributed by atoms with Gasteiger partial charge in [-0.3, -0.25) is 4.79 Å². The van der Waals surface area contributed by atoms with Crippen LogP contribution in [0.25, 0.3) is 0 Å². The molecule has 0 aromatic heterocycles. The van der Waals surface area contributed by atoms with Gasteiger partial charge in [-0.1, -0.05) is 62.9 Å². The largest absolute Gasteiger partial charge is 0.493 e. The Morgan fingerprint density at radius 1 is 1.00 bits per heavy atom. The Morgan fingerprint density at radius 3 is 2.22 bits per heavy atom. The second-order valence-electron chi connectivity index (χ2n) is 8.19. The molecule has 1 amide bonds. The van der Waals surface area contributed by atoms with Crippen LogP contribution in [0, 0.1) is 12.8 Å². The fraction of sp³-hybridized carbons (Fsp3) is 0.458. The van der Waals surface area contributed by atoms with Crippen LogP contribution in [-0.4, -0.2) is 12.5 Å². The first-order chi connectivity index (χ1) is 13.0. The van der Waals surface area contributed by atoms with Crippen molar-refractivity contribution in [1.29, 1.82) is 0 Å². The maximum atomic E-state index is 13.3. The van der Waals surface area contributed by atoms with Gasteiger partial charge in [0, 0.05) is 5.69 Å². The number of rotatable bonds is 6. The molecule has 1 N–H and O–H groups in total. The highest BCUT2D eigenvalue weighted by molar-refractivity contribution is 5.99. The van der Waals surface area contributed by atoms with Gasteiger partial charge in [0.05, 0.1) is 12.0 Å². The number of hydrogen-bond donors (Lipinski definition) is 1. The lowest BCUT2D eigenvalue weighted by molar-refractivity contribution is -0.122. The molecule has 27 heavy (non-hydrogen) atoms. The monoisotopic (exact) mass is 365 g/mol. The van der Waals surface area contributed by atoms with Crippen molar-refractivity contribution in [2.24, 2.45) is 5.92 Å². The minimum atomic E-state index is -0.418. The van der Waals surface area contributed by atoms with Crippen molar-refractivity contribution in [3.05, 3.63) is 59.7 Å². The number of aryl methyl sites for hydroxylation is 1. The van der Waals surface area contributed by atoms with E-state index in [1.807, 2.05) is 24.3 Å². The zero-order valence-electron chi connectivity index (χ0n) is 16.8. The first-order valence-corrected chi connectivity index (χ1v) is 10.1. The van der Waals surface area contributed by atoms with E-state index in [1.54, 1.807) is 0 Å². The predicted molar refractivity (Wildman–Crippen MR) is 111 cm³/mol. The van der Waals surface area contributed by atoms with Crippen LogP contribution in [0.5, 0.6) is 5.75 Å². The number of carbonyl (C=O) groups excluding carboxylic acids is 1. The number of benzene rings is 2. The minimum Gasteiger partial charge on any atom is -0.493 e. The van der Waals surface area contributed by atoms with Crippen molar-refractivity contribution in [1.82, 2.24) is 0 Å². The summed E-state index contributed by atoms with van der Waals surface area (Å²) in [4.78, 5) is 13.3. The first kappa shape index (κ1) is 19.5. The van der Waals surface area contributed by atoms with Crippen LogP contribution in [0.2, 0.25) is 0 Å². The molecular formula is C24H31NO2. The van der Waals surface area contributed by atoms with Crippen molar-refractivity contribution >= 4 is 11.6 Å². The second kappa shape index (κ2) is 8.60. The Morgan fingerprint density at radius 2 is 1.63 bits per heavy atom. The van der Waals surface area contributed by atoms with E-state index in [4.69, 9.17) is 4.74 Å². The number of ether oxygens (including phenoxy) is 1. The van der Waals surface area contributed by atoms with E-state index in [0.29, 0.717) is 12.5 Å². The summed E-state index contributed by atoms with van der Waals surface area (Å²) in [7, 11) is 0. The van der Waals surface area contributed by atoms with Crippen LogP contribution < -0.4 is 10.1 Å². The van der Waals surface area contributed by atoms with Gasteiger partial charge < -0.3 is 10.1 Å². The standard InChI is InChI=1S/C24H31NO2/c1-18(2)17-27-22-13-11-21(12-14-22)25-23(26)24(15-5-4-6-16-24)20-9-7-19(3)8-10-20/h7-14,18H,4-6,15-17H2,1-3H3,(H,25,26). The van der Waals surface area contributed by atoms with E-state index in [1.165, 1.54) is 12.0 Å². The molecule has 0 saturated heterocycles. The molecule has 3 heteroatoms. The third-order valence-corrected chi connectivity index (χ3v) is 5.44. The molecule has 0 spiro atoms. The summed E-state index contributed by atoms with van der Waals surface area (Å²) in [5, 5.41) is 3.16. The molecule has 1 aliphatic carbocycles. The van der Waals surface area contributed by atoms with Gasteiger partial charge in [0.25, 0.3) is 0 Å². The molecule has 1 aliphatic rings. The highest BCUT2D eigenvalue weighted by atomic mass is 16.5. The SMILES string of the molecule is Cc1ccc(C2(C(=O)Nc3ccc(OCC(C)C)cc3)CCCCC2)cc1. The summed E-state index contributed by atoms with van der Waals surface area (Å²) in [6, 6.07) is 16.2. The zero-order chi connectivity index (χ0) is 19.3. The average Bonchev–Trinajstić information content (AvgIpc) is 2.68. The van der Waals surface area contributed by atoms with Gasteiger partial charge in [-0.15, -0.1) is 0 Å². The molecule has 0 aliphatic heterocycles. The molecule has 1 saturated carbocycles. The maximum absolute atomic E-state index is 13.3. The summed E-state index contributed by atoms with van der Waals surface area (Å²) in [6.45, 7) is 7.04. The van der Waals surface area contributed by atoms with Gasteiger partial charge in [-0.25, -0.2) is 0 Å². The highest BCUT2D eigenvalue weighted by Gasteiger charge is 2.41. The lowest BCUT2D eigenvalue weighted by Gasteiger charge is -2.36. The number of anilines is 1.